The predicted octanol–water partition coefficient (Wildman–Crippen LogP) is 11.6. The molecule has 0 radical (unpaired) electrons. The van der Waals surface area contributed by atoms with Gasteiger partial charge in [0.25, 0.3) is 23.6 Å². The summed E-state index contributed by atoms with van der Waals surface area (Å²) in [5.41, 5.74) is 6.60. The average Bonchev–Trinajstić information content (AvgIpc) is 1.63. The molecule has 4 aromatic heterocycles. The Balaban J connectivity index is 0.000000116. The first kappa shape index (κ1) is 89.4. The largest absolute Gasteiger partial charge is 0.497 e. The summed E-state index contributed by atoms with van der Waals surface area (Å²) in [4.78, 5) is 171. The molecule has 30 nitrogen and oxygen atoms in total. The lowest BCUT2D eigenvalue weighted by atomic mass is 9.58. The molecule has 9 aliphatic heterocycles. The Morgan fingerprint density at radius 2 is 0.837 bits per heavy atom. The van der Waals surface area contributed by atoms with Crippen LogP contribution in [-0.4, -0.2) is 181 Å². The lowest BCUT2D eigenvalue weighted by Crippen LogP contribution is -2.51. The Morgan fingerprint density at radius 1 is 0.422 bits per heavy atom. The molecule has 5 saturated heterocycles. The van der Waals surface area contributed by atoms with Crippen molar-refractivity contribution in [3.05, 3.63) is 278 Å². The van der Waals surface area contributed by atoms with E-state index in [1.165, 1.54) is 46.9 Å². The third-order valence-electron chi connectivity index (χ3n) is 28.7. The molecule has 32 heteroatoms. The molecule has 135 heavy (non-hydrogen) atoms. The summed E-state index contributed by atoms with van der Waals surface area (Å²) in [6, 6.07) is 56.6. The van der Waals surface area contributed by atoms with Gasteiger partial charge in [0.15, 0.2) is 34.4 Å². The SMILES string of the molecule is COc1ccc2c(c1)C(=O)N(CC1(C3CC(c4ccccc4)C3)CC(=O)NC1=O)C2.COc1ccc2c(c1)C(=O)N(CC1(C3CC(c4ccccc4)C3)CC(=O)NC1=O)C2.COc1ccc2c(c1)C(=O)N(C[C@@]1(c3cc4ncc(CCCc5ccccc5)cc4o3)CC(=O)NC1=O)C2.COc1ccc2c(c1F)C(=O)N(C[C@@]1(c3cc4nc(N5CCOCC5)c(F)cc4o3)CC(=O)NC1=O)C2. The van der Waals surface area contributed by atoms with E-state index in [0.29, 0.717) is 120 Å². The van der Waals surface area contributed by atoms with Crippen LogP contribution in [0.4, 0.5) is 14.6 Å². The van der Waals surface area contributed by atoms with Crippen molar-refractivity contribution in [3.8, 4) is 23.0 Å². The van der Waals surface area contributed by atoms with Crippen LogP contribution < -0.4 is 45.1 Å². The number of furan rings is 2. The van der Waals surface area contributed by atoms with Crippen molar-refractivity contribution in [1.29, 1.82) is 0 Å². The van der Waals surface area contributed by atoms with Crippen LogP contribution in [0.2, 0.25) is 0 Å². The Bertz CT molecular complexity index is 6490. The Hall–Kier alpha value is -14.8. The third kappa shape index (κ3) is 16.8. The van der Waals surface area contributed by atoms with Crippen LogP contribution in [0.1, 0.15) is 167 Å². The number of carbonyl (C=O) groups is 12. The van der Waals surface area contributed by atoms with Crippen molar-refractivity contribution in [1.82, 2.24) is 50.8 Å². The standard InChI is InChI=1S/C30H27N3O5.C25H22F2N4O6.2C24H24N2O4/c1-37-22-11-10-21-17-33(28(35)23(21)13-22)18-30(15-27(34)32-29(30)36)26-14-24-25(38-26)12-20(16-31-24)9-5-8-19-6-3-2-4-7-19;1-35-16-3-2-13-11-31(23(33)20(13)21(16)27)12-25(10-19(32)29-24(25)34)18-9-15-17(37-18)8-14(26)22(28-15)30-4-6-36-7-5-30;2*1-30-19-8-7-16-13-26(22(28)20(16)11-19)14-24(12-21(27)25-23(24)29)18-9-17(10-18)15-5-3-2-4-6-15/h2-4,6-7,10-14,16H,5,8-9,15,17-18H2,1H3,(H,32,34,36);2-3,8-9H,4-7,10-12H2,1H3,(H,29,32,34);2*2-8,11,17-18H,9-10,12-14H2,1H3,(H,25,27,29)/t30-;25-;;/m11../s1. The normalized spacial score (nSPS) is 23.5. The van der Waals surface area contributed by atoms with Gasteiger partial charge in [0, 0.05) is 119 Å². The van der Waals surface area contributed by atoms with Crippen LogP contribution in [0.3, 0.4) is 0 Å². The number of imide groups is 4. The summed E-state index contributed by atoms with van der Waals surface area (Å²) < 4.78 is 67.9. The molecule has 2 unspecified atom stereocenters. The highest BCUT2D eigenvalue weighted by atomic mass is 19.1. The molecule has 692 valence electrons. The van der Waals surface area contributed by atoms with Crippen molar-refractivity contribution < 1.29 is 98.8 Å². The molecular weight excluding hydrogens is 1730 g/mol. The summed E-state index contributed by atoms with van der Waals surface area (Å²) >= 11 is 0. The van der Waals surface area contributed by atoms with Crippen molar-refractivity contribution in [2.24, 2.45) is 22.7 Å². The van der Waals surface area contributed by atoms with Crippen LogP contribution in [0.15, 0.2) is 197 Å². The number of halogens is 2. The van der Waals surface area contributed by atoms with Crippen molar-refractivity contribution >= 4 is 98.9 Å². The van der Waals surface area contributed by atoms with Crippen LogP contribution in [-0.2, 0) is 92.9 Å². The number of aromatic nitrogens is 2. The minimum atomic E-state index is -1.59. The summed E-state index contributed by atoms with van der Waals surface area (Å²) in [7, 11) is 5.99. The number of hydrogen-bond acceptors (Lipinski definition) is 22. The molecule has 12 amide bonds. The highest BCUT2D eigenvalue weighted by Crippen LogP contribution is 2.56. The van der Waals surface area contributed by atoms with Crippen molar-refractivity contribution in [2.45, 2.75) is 119 Å². The van der Waals surface area contributed by atoms with E-state index >= 15 is 0 Å². The third-order valence-corrected chi connectivity index (χ3v) is 28.7. The number of anilines is 1. The maximum absolute atomic E-state index is 14.9. The maximum atomic E-state index is 14.9. The van der Waals surface area contributed by atoms with Crippen molar-refractivity contribution in [2.75, 3.05) is 85.8 Å². The Labute approximate surface area is 773 Å². The second-order valence-electron chi connectivity index (χ2n) is 36.6. The molecule has 7 fully saturated rings. The minimum Gasteiger partial charge on any atom is -0.497 e. The molecule has 7 aromatic carbocycles. The van der Waals surface area contributed by atoms with Gasteiger partial charge in [-0.1, -0.05) is 115 Å². The molecule has 0 bridgehead atoms. The summed E-state index contributed by atoms with van der Waals surface area (Å²) in [6.45, 7) is 3.42. The van der Waals surface area contributed by atoms with Gasteiger partial charge in [-0.3, -0.25) is 83.8 Å². The molecule has 13 heterocycles. The first-order chi connectivity index (χ1) is 65.2. The summed E-state index contributed by atoms with van der Waals surface area (Å²) in [6.07, 6.45) is 7.93. The number of methoxy groups -OCH3 is 4. The molecule has 0 spiro atoms. The van der Waals surface area contributed by atoms with Gasteiger partial charge < -0.3 is 57.0 Å². The quantitative estimate of drug-likeness (QED) is 0.0432. The van der Waals surface area contributed by atoms with E-state index in [0.717, 1.165) is 67.2 Å². The number of nitrogens with zero attached hydrogens (tertiary/aromatic N) is 7. The topological polar surface area (TPSA) is 367 Å². The molecule has 11 aromatic rings. The second kappa shape index (κ2) is 36.3. The number of nitrogens with one attached hydrogen (secondary N) is 4. The van der Waals surface area contributed by atoms with Gasteiger partial charge in [-0.15, -0.1) is 0 Å². The van der Waals surface area contributed by atoms with Gasteiger partial charge in [-0.25, -0.2) is 13.8 Å². The summed E-state index contributed by atoms with van der Waals surface area (Å²) in [5.74, 6) is -2.14. The lowest BCUT2D eigenvalue weighted by molar-refractivity contribution is -0.135. The fourth-order valence-electron chi connectivity index (χ4n) is 21.2. The van der Waals surface area contributed by atoms with E-state index in [9.17, 15) is 66.3 Å². The number of rotatable bonds is 23. The number of carbonyl (C=O) groups excluding carboxylic acids is 12. The highest BCUT2D eigenvalue weighted by Gasteiger charge is 2.61. The fourth-order valence-corrected chi connectivity index (χ4v) is 21.2. The van der Waals surface area contributed by atoms with Crippen LogP contribution >= 0.6 is 0 Å². The highest BCUT2D eigenvalue weighted by molar-refractivity contribution is 6.12. The number of aryl methyl sites for hydroxylation is 2. The second-order valence-corrected chi connectivity index (χ2v) is 36.6. The molecule has 11 aliphatic rings. The fraction of sp³-hybridized carbons (Fsp3) is 0.340. The van der Waals surface area contributed by atoms with Gasteiger partial charge in [-0.2, -0.15) is 0 Å². The Kier molecular flexibility index (Phi) is 24.0. The molecule has 4 atom stereocenters. The summed E-state index contributed by atoms with van der Waals surface area (Å²) in [5, 5.41) is 9.70. The van der Waals surface area contributed by atoms with E-state index in [-0.39, 0.29) is 140 Å². The zero-order valence-electron chi connectivity index (χ0n) is 74.6. The molecule has 2 saturated carbocycles. The number of morpholine rings is 1. The monoisotopic (exact) mass is 1830 g/mol. The molecular formula is C103H97F2N11O19. The lowest BCUT2D eigenvalue weighted by Gasteiger charge is -2.46. The predicted molar refractivity (Wildman–Crippen MR) is 483 cm³/mol. The smallest absolute Gasteiger partial charge is 0.257 e. The number of amides is 12. The average molecular weight is 1830 g/mol. The number of benzene rings is 7. The first-order valence-corrected chi connectivity index (χ1v) is 45.1. The van der Waals surface area contributed by atoms with E-state index in [2.05, 4.69) is 67.6 Å². The van der Waals surface area contributed by atoms with Crippen LogP contribution in [0.25, 0.3) is 22.2 Å². The number of pyridine rings is 2. The van der Waals surface area contributed by atoms with Gasteiger partial charge in [0.05, 0.1) is 70.9 Å². The van der Waals surface area contributed by atoms with Gasteiger partial charge in [0.2, 0.25) is 47.3 Å². The number of hydrogen-bond donors (Lipinski definition) is 4. The van der Waals surface area contributed by atoms with Crippen LogP contribution in [0, 0.1) is 34.3 Å². The van der Waals surface area contributed by atoms with Crippen molar-refractivity contribution in [3.63, 3.8) is 0 Å². The molecule has 22 rings (SSSR count). The van der Waals surface area contributed by atoms with Gasteiger partial charge >= 0.3 is 0 Å². The van der Waals surface area contributed by atoms with E-state index in [1.807, 2.05) is 97.2 Å². The maximum Gasteiger partial charge on any atom is 0.257 e. The zero-order valence-corrected chi connectivity index (χ0v) is 74.6. The zero-order chi connectivity index (χ0) is 93.9. The molecule has 2 aliphatic carbocycles. The Morgan fingerprint density at radius 3 is 1.28 bits per heavy atom. The molecule has 4 N–H and O–H groups in total. The van der Waals surface area contributed by atoms with E-state index < -0.39 is 62.8 Å². The minimum absolute atomic E-state index is 0.0180. The number of fused-ring (bicyclic) bond motifs is 6. The number of ether oxygens (including phenoxy) is 5. The van der Waals surface area contributed by atoms with Crippen LogP contribution in [0.5, 0.6) is 23.0 Å². The van der Waals surface area contributed by atoms with E-state index in [4.69, 9.17) is 32.5 Å². The van der Waals surface area contributed by atoms with Gasteiger partial charge in [-0.05, 0) is 162 Å². The first-order valence-electron chi connectivity index (χ1n) is 45.1. The van der Waals surface area contributed by atoms with Gasteiger partial charge in [0.1, 0.15) is 50.6 Å². The van der Waals surface area contributed by atoms with E-state index in [1.54, 1.807) is 77.3 Å².